The number of hydrogen-bond donors (Lipinski definition) is 3. The molecule has 3 rings (SSSR count). The van der Waals surface area contributed by atoms with Crippen LogP contribution in [0.1, 0.15) is 36.8 Å². The Bertz CT molecular complexity index is 941. The van der Waals surface area contributed by atoms with E-state index in [0.717, 1.165) is 6.42 Å². The fraction of sp³-hybridized carbons (Fsp3) is 0.385. The van der Waals surface area contributed by atoms with Gasteiger partial charge in [0, 0.05) is 31.8 Å². The van der Waals surface area contributed by atoms with Crippen LogP contribution in [0.25, 0.3) is 0 Å². The van der Waals surface area contributed by atoms with Gasteiger partial charge in [-0.15, -0.1) is 0 Å². The molecule has 8 nitrogen and oxygen atoms in total. The lowest BCUT2D eigenvalue weighted by molar-refractivity contribution is -0.136. The SMILES string of the molecule is COc1ccc(C(O)(c2ccc(OC)cc2)[C@@H]2CCCN2C(=O)CCCN/C=C\C(N)=O)cc1. The number of benzene rings is 2. The Morgan fingerprint density at radius 3 is 2.15 bits per heavy atom. The number of nitrogens with zero attached hydrogens (tertiary/aromatic N) is 1. The van der Waals surface area contributed by atoms with Crippen molar-refractivity contribution >= 4 is 11.8 Å². The smallest absolute Gasteiger partial charge is 0.242 e. The molecule has 0 unspecified atom stereocenters. The van der Waals surface area contributed by atoms with Crippen molar-refractivity contribution in [3.05, 3.63) is 71.9 Å². The molecule has 0 aliphatic carbocycles. The van der Waals surface area contributed by atoms with Crippen molar-refractivity contribution in [2.45, 2.75) is 37.3 Å². The Kier molecular flexibility index (Phi) is 8.54. The van der Waals surface area contributed by atoms with E-state index in [4.69, 9.17) is 15.2 Å². The van der Waals surface area contributed by atoms with E-state index in [0.29, 0.717) is 55.0 Å². The number of likely N-dealkylation sites (tertiary alicyclic amines) is 1. The average molecular weight is 468 g/mol. The molecule has 1 aliphatic rings. The van der Waals surface area contributed by atoms with Crippen LogP contribution in [0.4, 0.5) is 0 Å². The molecule has 1 fully saturated rings. The normalized spacial score (nSPS) is 16.0. The van der Waals surface area contributed by atoms with Gasteiger partial charge >= 0.3 is 0 Å². The van der Waals surface area contributed by atoms with Crippen LogP contribution >= 0.6 is 0 Å². The Labute approximate surface area is 200 Å². The first kappa shape index (κ1) is 25.1. The average Bonchev–Trinajstić information content (AvgIpc) is 3.36. The van der Waals surface area contributed by atoms with Crippen LogP contribution in [0.3, 0.4) is 0 Å². The maximum Gasteiger partial charge on any atom is 0.242 e. The summed E-state index contributed by atoms with van der Waals surface area (Å²) in [6.45, 7) is 1.13. The summed E-state index contributed by atoms with van der Waals surface area (Å²) in [5, 5.41) is 15.2. The number of nitrogens with one attached hydrogen (secondary N) is 1. The first-order valence-corrected chi connectivity index (χ1v) is 11.4. The molecule has 0 bridgehead atoms. The molecule has 2 aromatic rings. The van der Waals surface area contributed by atoms with Gasteiger partial charge in [-0.05, 0) is 54.7 Å². The second kappa shape index (κ2) is 11.6. The zero-order valence-corrected chi connectivity index (χ0v) is 19.7. The summed E-state index contributed by atoms with van der Waals surface area (Å²) in [7, 11) is 3.20. The van der Waals surface area contributed by atoms with Crippen LogP contribution in [0, 0.1) is 0 Å². The van der Waals surface area contributed by atoms with Gasteiger partial charge in [0.05, 0.1) is 20.3 Å². The van der Waals surface area contributed by atoms with Gasteiger partial charge in [0.15, 0.2) is 0 Å². The van der Waals surface area contributed by atoms with Gasteiger partial charge < -0.3 is 30.5 Å². The van der Waals surface area contributed by atoms with E-state index >= 15 is 0 Å². The van der Waals surface area contributed by atoms with Crippen LogP contribution in [0.15, 0.2) is 60.8 Å². The molecule has 4 N–H and O–H groups in total. The summed E-state index contributed by atoms with van der Waals surface area (Å²) in [5.74, 6) is 0.847. The van der Waals surface area contributed by atoms with E-state index in [1.807, 2.05) is 48.5 Å². The predicted octanol–water partition coefficient (Wildman–Crippen LogP) is 2.30. The third-order valence-corrected chi connectivity index (χ3v) is 6.19. The number of aliphatic hydroxyl groups is 1. The Morgan fingerprint density at radius 2 is 1.65 bits per heavy atom. The molecule has 0 aromatic heterocycles. The molecule has 2 aromatic carbocycles. The number of carbonyl (C=O) groups excluding carboxylic acids is 2. The second-order valence-corrected chi connectivity index (χ2v) is 8.26. The monoisotopic (exact) mass is 467 g/mol. The summed E-state index contributed by atoms with van der Waals surface area (Å²) < 4.78 is 10.6. The highest BCUT2D eigenvalue weighted by atomic mass is 16.5. The number of carbonyl (C=O) groups is 2. The van der Waals surface area contributed by atoms with Gasteiger partial charge in [0.1, 0.15) is 17.1 Å². The summed E-state index contributed by atoms with van der Waals surface area (Å²) in [6.07, 6.45) is 5.13. The van der Waals surface area contributed by atoms with E-state index in [1.54, 1.807) is 19.1 Å². The first-order valence-electron chi connectivity index (χ1n) is 11.4. The number of amides is 2. The van der Waals surface area contributed by atoms with Gasteiger partial charge in [0.2, 0.25) is 11.8 Å². The van der Waals surface area contributed by atoms with E-state index in [2.05, 4.69) is 5.32 Å². The number of nitrogens with two attached hydrogens (primary N) is 1. The lowest BCUT2D eigenvalue weighted by atomic mass is 9.79. The number of ether oxygens (including phenoxy) is 2. The molecule has 1 heterocycles. The third kappa shape index (κ3) is 5.69. The van der Waals surface area contributed by atoms with E-state index in [9.17, 15) is 14.7 Å². The van der Waals surface area contributed by atoms with Crippen LogP contribution in [-0.4, -0.2) is 55.2 Å². The summed E-state index contributed by atoms with van der Waals surface area (Å²) in [5.41, 5.74) is 5.05. The van der Waals surface area contributed by atoms with Crippen molar-refractivity contribution in [1.29, 1.82) is 0 Å². The molecule has 0 spiro atoms. The fourth-order valence-corrected chi connectivity index (χ4v) is 4.45. The van der Waals surface area contributed by atoms with Crippen molar-refractivity contribution in [3.63, 3.8) is 0 Å². The van der Waals surface area contributed by atoms with Crippen molar-refractivity contribution in [2.75, 3.05) is 27.3 Å². The molecule has 8 heteroatoms. The van der Waals surface area contributed by atoms with Crippen LogP contribution in [-0.2, 0) is 15.2 Å². The lowest BCUT2D eigenvalue weighted by Crippen LogP contribution is -2.50. The molecule has 182 valence electrons. The zero-order chi connectivity index (χ0) is 24.6. The van der Waals surface area contributed by atoms with Crippen molar-refractivity contribution < 1.29 is 24.2 Å². The maximum absolute atomic E-state index is 13.2. The molecule has 1 atom stereocenters. The van der Waals surface area contributed by atoms with Crippen molar-refractivity contribution in [2.24, 2.45) is 5.73 Å². The van der Waals surface area contributed by atoms with Gasteiger partial charge in [-0.2, -0.15) is 0 Å². The largest absolute Gasteiger partial charge is 0.497 e. The molecule has 0 radical (unpaired) electrons. The van der Waals surface area contributed by atoms with Gasteiger partial charge in [-0.1, -0.05) is 24.3 Å². The highest BCUT2D eigenvalue weighted by Crippen LogP contribution is 2.41. The topological polar surface area (TPSA) is 114 Å². The molecular weight excluding hydrogens is 434 g/mol. The third-order valence-electron chi connectivity index (χ3n) is 6.19. The summed E-state index contributed by atoms with van der Waals surface area (Å²) in [6, 6.07) is 14.2. The Balaban J connectivity index is 1.83. The van der Waals surface area contributed by atoms with Gasteiger partial charge in [-0.25, -0.2) is 0 Å². The number of hydrogen-bond acceptors (Lipinski definition) is 6. The molecule has 34 heavy (non-hydrogen) atoms. The minimum Gasteiger partial charge on any atom is -0.497 e. The van der Waals surface area contributed by atoms with Crippen LogP contribution in [0.5, 0.6) is 11.5 Å². The molecule has 2 amide bonds. The fourth-order valence-electron chi connectivity index (χ4n) is 4.45. The van der Waals surface area contributed by atoms with Crippen LogP contribution in [0.2, 0.25) is 0 Å². The number of methoxy groups -OCH3 is 2. The number of primary amides is 1. The Hall–Kier alpha value is -3.52. The van der Waals surface area contributed by atoms with Gasteiger partial charge in [0.25, 0.3) is 0 Å². The van der Waals surface area contributed by atoms with E-state index < -0.39 is 17.6 Å². The Morgan fingerprint density at radius 1 is 1.09 bits per heavy atom. The van der Waals surface area contributed by atoms with E-state index in [-0.39, 0.29) is 5.91 Å². The molecule has 1 aliphatic heterocycles. The maximum atomic E-state index is 13.2. The zero-order valence-electron chi connectivity index (χ0n) is 19.7. The summed E-state index contributed by atoms with van der Waals surface area (Å²) in [4.78, 5) is 25.7. The van der Waals surface area contributed by atoms with Crippen molar-refractivity contribution in [1.82, 2.24) is 10.2 Å². The predicted molar refractivity (Wildman–Crippen MR) is 129 cm³/mol. The quantitative estimate of drug-likeness (QED) is 0.345. The molecule has 1 saturated heterocycles. The molecule has 0 saturated carbocycles. The highest BCUT2D eigenvalue weighted by Gasteiger charge is 2.47. The number of rotatable bonds is 11. The summed E-state index contributed by atoms with van der Waals surface area (Å²) >= 11 is 0. The molecular formula is C26H33N3O5. The first-order chi connectivity index (χ1) is 16.4. The second-order valence-electron chi connectivity index (χ2n) is 8.26. The van der Waals surface area contributed by atoms with Crippen LogP contribution < -0.4 is 20.5 Å². The lowest BCUT2D eigenvalue weighted by Gasteiger charge is -2.40. The minimum absolute atomic E-state index is 0.0105. The highest BCUT2D eigenvalue weighted by molar-refractivity contribution is 5.85. The standard InChI is InChI=1S/C26H33N3O5/c1-33-21-11-7-19(8-12-21)26(32,20-9-13-22(34-2)14-10-20)23-5-4-18-29(23)25(31)6-3-16-28-17-15-24(27)30/h7-15,17,23,28,32H,3-6,16,18H2,1-2H3,(H2,27,30)/b17-15-/t23-/m0/s1. The minimum atomic E-state index is -1.40. The van der Waals surface area contributed by atoms with Crippen molar-refractivity contribution in [3.8, 4) is 11.5 Å². The van der Waals surface area contributed by atoms with E-state index in [1.165, 1.54) is 12.3 Å². The van der Waals surface area contributed by atoms with Gasteiger partial charge in [-0.3, -0.25) is 9.59 Å².